The van der Waals surface area contributed by atoms with Crippen LogP contribution in [0.15, 0.2) is 11.0 Å². The Morgan fingerprint density at radius 2 is 0.683 bits per heavy atom. The Kier molecular flexibility index (Phi) is 9.26. The summed E-state index contributed by atoms with van der Waals surface area (Å²) in [7, 11) is -6.94. The van der Waals surface area contributed by atoms with Gasteiger partial charge in [-0.25, -0.2) is 8.78 Å². The van der Waals surface area contributed by atoms with Crippen LogP contribution in [-0.4, -0.2) is 78.6 Å². The lowest BCUT2D eigenvalue weighted by atomic mass is 9.85. The van der Waals surface area contributed by atoms with Gasteiger partial charge in [-0.15, -0.1) is 0 Å². The molecule has 246 valence electrons. The molecule has 0 aliphatic rings. The molecule has 0 aliphatic heterocycles. The number of halogens is 24. The molecule has 0 saturated carbocycles. The van der Waals surface area contributed by atoms with E-state index >= 15 is 0 Å². The van der Waals surface area contributed by atoms with Crippen LogP contribution < -0.4 is 0 Å². The van der Waals surface area contributed by atoms with Crippen LogP contribution in [0.2, 0.25) is 0 Å². The number of allylic oxidation sites excluding steroid dienone is 1. The van der Waals surface area contributed by atoms with Crippen LogP contribution >= 0.6 is 0 Å². The minimum Gasteiger partial charge on any atom is -0.280 e. The topological polar surface area (TPSA) is 54.4 Å². The summed E-state index contributed by atoms with van der Waals surface area (Å²) in [4.78, 5) is 0. The predicted octanol–water partition coefficient (Wildman–Crippen LogP) is 7.60. The monoisotopic (exact) mass is 694 g/mol. The molecule has 1 N–H and O–H groups in total. The molecule has 28 heteroatoms. The Hall–Kier alpha value is -2.03. The first-order valence-corrected chi connectivity index (χ1v) is 9.80. The van der Waals surface area contributed by atoms with Crippen LogP contribution in [0.1, 0.15) is 0 Å². The van der Waals surface area contributed by atoms with Gasteiger partial charge in [-0.1, -0.05) is 0 Å². The van der Waals surface area contributed by atoms with Crippen LogP contribution in [0.25, 0.3) is 0 Å². The molecule has 0 fully saturated rings. The fourth-order valence-corrected chi connectivity index (χ4v) is 2.46. The van der Waals surface area contributed by atoms with Crippen molar-refractivity contribution in [3.05, 3.63) is 11.0 Å². The third-order valence-electron chi connectivity index (χ3n) is 4.49. The van der Waals surface area contributed by atoms with Gasteiger partial charge in [-0.3, -0.25) is 4.55 Å². The van der Waals surface area contributed by atoms with Crippen LogP contribution in [-0.2, 0) is 10.1 Å². The summed E-state index contributed by atoms with van der Waals surface area (Å²) in [5, 5.41) is -4.33. The quantitative estimate of drug-likeness (QED) is 0.179. The number of hydrogen-bond donors (Lipinski definition) is 1. The summed E-state index contributed by atoms with van der Waals surface area (Å²) in [5.41, 5.74) is 0. The van der Waals surface area contributed by atoms with E-state index in [0.717, 1.165) is 0 Å². The molecule has 0 aromatic heterocycles. The molecule has 0 bridgehead atoms. The first-order chi connectivity index (χ1) is 17.2. The van der Waals surface area contributed by atoms with Crippen molar-refractivity contribution in [1.82, 2.24) is 0 Å². The highest BCUT2D eigenvalue weighted by atomic mass is 32.2. The number of rotatable bonds is 11. The third-order valence-corrected chi connectivity index (χ3v) is 5.14. The lowest BCUT2D eigenvalue weighted by Gasteiger charge is -2.44. The van der Waals surface area contributed by atoms with Gasteiger partial charge in [0.25, 0.3) is 5.16 Å². The summed E-state index contributed by atoms with van der Waals surface area (Å²) >= 11 is 0. The molecule has 41 heavy (non-hydrogen) atoms. The molecular weight excluding hydrogens is 692 g/mol. The average molecular weight is 694 g/mol. The fourth-order valence-electron chi connectivity index (χ4n) is 2.11. The Labute approximate surface area is 206 Å². The number of alkyl halides is 22. The van der Waals surface area contributed by atoms with E-state index in [0.29, 0.717) is 0 Å². The number of hydrogen-bond acceptors (Lipinski definition) is 2. The fraction of sp³-hybridized carbons (Fsp3) is 0.846. The molecule has 0 rings (SSSR count). The lowest BCUT2D eigenvalue weighted by Crippen LogP contribution is -2.77. The highest BCUT2D eigenvalue weighted by molar-refractivity contribution is 7.89. The minimum absolute atomic E-state index is 4.33. The van der Waals surface area contributed by atoms with Crippen molar-refractivity contribution >= 4 is 10.1 Å². The van der Waals surface area contributed by atoms with Gasteiger partial charge in [-0.2, -0.15) is 105 Å². The Bertz CT molecular complexity index is 1130. The van der Waals surface area contributed by atoms with Crippen molar-refractivity contribution in [1.29, 1.82) is 0 Å². The lowest BCUT2D eigenvalue weighted by molar-refractivity contribution is -0.475. The van der Waals surface area contributed by atoms with E-state index in [2.05, 4.69) is 0 Å². The molecule has 1 atom stereocenters. The van der Waals surface area contributed by atoms with E-state index in [-0.39, 0.29) is 0 Å². The summed E-state index contributed by atoms with van der Waals surface area (Å²) in [6, 6.07) is 0. The molecule has 1 unspecified atom stereocenters. The van der Waals surface area contributed by atoms with E-state index in [1.165, 1.54) is 0 Å². The second-order valence-corrected chi connectivity index (χ2v) is 8.48. The van der Waals surface area contributed by atoms with Gasteiger partial charge < -0.3 is 0 Å². The van der Waals surface area contributed by atoms with Gasteiger partial charge in [0.1, 0.15) is 0 Å². The van der Waals surface area contributed by atoms with Gasteiger partial charge in [0.05, 0.1) is 0 Å². The standard InChI is InChI=1S/C13H2F24O3S/c14-1(3(16)41(38,39)40)2(15)4(17,18)5(19,20)6(21,22)7(23,24)8(25,26)9(27,28)10(29,30)11(31,32)12(33,34)13(35,36)37/h2H,(H,38,39,40)/b3-1-. The first kappa shape index (κ1) is 39.0. The van der Waals surface area contributed by atoms with Crippen LogP contribution in [0.5, 0.6) is 0 Å². The minimum atomic E-state index is -9.56. The van der Waals surface area contributed by atoms with Gasteiger partial charge in [-0.05, 0) is 0 Å². The smallest absolute Gasteiger partial charge is 0.280 e. The largest absolute Gasteiger partial charge is 0.460 e. The maximum absolute atomic E-state index is 13.5. The Morgan fingerprint density at radius 1 is 0.463 bits per heavy atom. The van der Waals surface area contributed by atoms with Gasteiger partial charge in [0, 0.05) is 0 Å². The third kappa shape index (κ3) is 5.02. The zero-order valence-electron chi connectivity index (χ0n) is 17.3. The van der Waals surface area contributed by atoms with Crippen molar-refractivity contribution in [3.63, 3.8) is 0 Å². The molecule has 0 amide bonds. The zero-order chi connectivity index (χ0) is 34.2. The van der Waals surface area contributed by atoms with Crippen molar-refractivity contribution in [2.24, 2.45) is 0 Å². The molecule has 0 aliphatic carbocycles. The van der Waals surface area contributed by atoms with E-state index in [1.54, 1.807) is 0 Å². The first-order valence-electron chi connectivity index (χ1n) is 8.36. The summed E-state index contributed by atoms with van der Waals surface area (Å²) in [5.74, 6) is -87.0. The van der Waals surface area contributed by atoms with E-state index < -0.39 is 86.8 Å². The summed E-state index contributed by atoms with van der Waals surface area (Å²) in [6.07, 6.45) is -14.6. The van der Waals surface area contributed by atoms with Crippen molar-refractivity contribution in [2.75, 3.05) is 0 Å². The van der Waals surface area contributed by atoms with E-state index in [9.17, 15) is 114 Å². The maximum Gasteiger partial charge on any atom is 0.460 e. The maximum atomic E-state index is 13.5. The van der Waals surface area contributed by atoms with Crippen LogP contribution in [0.3, 0.4) is 0 Å². The predicted molar refractivity (Wildman–Crippen MR) is 76.3 cm³/mol. The molecule has 0 aromatic carbocycles. The van der Waals surface area contributed by atoms with Crippen LogP contribution in [0, 0.1) is 0 Å². The average Bonchev–Trinajstić information content (AvgIpc) is 2.74. The Balaban J connectivity index is 7.31. The second-order valence-electron chi connectivity index (χ2n) is 7.18. The van der Waals surface area contributed by atoms with E-state index in [1.807, 2.05) is 0 Å². The van der Waals surface area contributed by atoms with Gasteiger partial charge >= 0.3 is 69.6 Å². The molecule has 0 spiro atoms. The summed E-state index contributed by atoms with van der Waals surface area (Å²) < 4.78 is 343. The van der Waals surface area contributed by atoms with Gasteiger partial charge in [0.15, 0.2) is 5.83 Å². The second kappa shape index (κ2) is 9.75. The molecule has 3 nitrogen and oxygen atoms in total. The molecular formula is C13H2F24O3S. The van der Waals surface area contributed by atoms with E-state index in [4.69, 9.17) is 4.55 Å². The summed E-state index contributed by atoms with van der Waals surface area (Å²) in [6.45, 7) is 0. The highest BCUT2D eigenvalue weighted by Crippen LogP contribution is 2.66. The molecule has 0 saturated heterocycles. The SMILES string of the molecule is O=S(=O)(O)/C(F)=C(\F)C(F)C(F)(F)C(F)(F)C(F)(F)C(F)(F)C(F)(F)C(F)(F)C(F)(F)C(F)(F)C(F)(F)C(F)(F)F. The van der Waals surface area contributed by atoms with Gasteiger partial charge in [0.2, 0.25) is 6.17 Å². The van der Waals surface area contributed by atoms with Crippen molar-refractivity contribution < 1.29 is 118 Å². The van der Waals surface area contributed by atoms with Crippen molar-refractivity contribution in [2.45, 2.75) is 65.7 Å². The molecule has 0 radical (unpaired) electrons. The molecule has 0 aromatic rings. The van der Waals surface area contributed by atoms with Crippen LogP contribution in [0.4, 0.5) is 105 Å². The normalized spacial score (nSPS) is 17.9. The zero-order valence-corrected chi connectivity index (χ0v) is 18.1. The van der Waals surface area contributed by atoms with Crippen molar-refractivity contribution in [3.8, 4) is 0 Å². The Morgan fingerprint density at radius 3 is 0.902 bits per heavy atom. The highest BCUT2D eigenvalue weighted by Gasteiger charge is 2.98. The molecule has 0 heterocycles.